The van der Waals surface area contributed by atoms with Crippen molar-refractivity contribution in [1.82, 2.24) is 0 Å². The Balaban J connectivity index is 1.75. The molecule has 26 heavy (non-hydrogen) atoms. The SMILES string of the molecule is Cc1ccccc1CC(CC(C)C)C(=O)Nc1ccc2c(c1)COC2=O. The first kappa shape index (κ1) is 18.2. The summed E-state index contributed by atoms with van der Waals surface area (Å²) in [5.41, 5.74) is 4.54. The summed E-state index contributed by atoms with van der Waals surface area (Å²) in [5, 5.41) is 3.03. The number of carbonyl (C=O) groups is 2. The summed E-state index contributed by atoms with van der Waals surface area (Å²) in [6.45, 7) is 6.63. The number of carbonyl (C=O) groups excluding carboxylic acids is 2. The first-order valence-corrected chi connectivity index (χ1v) is 9.09. The molecule has 1 N–H and O–H groups in total. The van der Waals surface area contributed by atoms with E-state index in [1.165, 1.54) is 11.1 Å². The van der Waals surface area contributed by atoms with E-state index in [1.54, 1.807) is 12.1 Å². The molecule has 1 heterocycles. The number of nitrogens with one attached hydrogen (secondary N) is 1. The van der Waals surface area contributed by atoms with Gasteiger partial charge in [0.15, 0.2) is 0 Å². The van der Waals surface area contributed by atoms with Crippen LogP contribution in [0.25, 0.3) is 0 Å². The predicted octanol–water partition coefficient (Wildman–Crippen LogP) is 4.51. The Hall–Kier alpha value is -2.62. The summed E-state index contributed by atoms with van der Waals surface area (Å²) < 4.78 is 5.02. The minimum atomic E-state index is -0.296. The number of amides is 1. The second-order valence-electron chi connectivity index (χ2n) is 7.39. The van der Waals surface area contributed by atoms with Gasteiger partial charge in [-0.15, -0.1) is 0 Å². The van der Waals surface area contributed by atoms with E-state index >= 15 is 0 Å². The van der Waals surface area contributed by atoms with Crippen molar-refractivity contribution in [3.8, 4) is 0 Å². The Bertz CT molecular complexity index is 826. The van der Waals surface area contributed by atoms with Gasteiger partial charge in [0, 0.05) is 17.2 Å². The molecule has 1 amide bonds. The molecule has 0 saturated carbocycles. The molecule has 1 atom stereocenters. The Morgan fingerprint density at radius 3 is 2.69 bits per heavy atom. The number of cyclic esters (lactones) is 1. The van der Waals surface area contributed by atoms with Gasteiger partial charge in [0.25, 0.3) is 0 Å². The molecule has 136 valence electrons. The Kier molecular flexibility index (Phi) is 5.40. The number of rotatable bonds is 6. The highest BCUT2D eigenvalue weighted by atomic mass is 16.5. The first-order valence-electron chi connectivity index (χ1n) is 9.09. The van der Waals surface area contributed by atoms with Gasteiger partial charge in [-0.1, -0.05) is 38.1 Å². The summed E-state index contributed by atoms with van der Waals surface area (Å²) in [6, 6.07) is 13.5. The Morgan fingerprint density at radius 2 is 1.96 bits per heavy atom. The molecule has 0 aliphatic carbocycles. The van der Waals surface area contributed by atoms with E-state index in [9.17, 15) is 9.59 Å². The van der Waals surface area contributed by atoms with Crippen LogP contribution in [0.5, 0.6) is 0 Å². The molecule has 0 aromatic heterocycles. The van der Waals surface area contributed by atoms with Crippen LogP contribution in [0, 0.1) is 18.8 Å². The lowest BCUT2D eigenvalue weighted by molar-refractivity contribution is -0.120. The summed E-state index contributed by atoms with van der Waals surface area (Å²) in [4.78, 5) is 24.5. The molecule has 1 aliphatic rings. The van der Waals surface area contributed by atoms with Crippen LogP contribution in [-0.2, 0) is 22.6 Å². The highest BCUT2D eigenvalue weighted by molar-refractivity contribution is 5.96. The highest BCUT2D eigenvalue weighted by Crippen LogP contribution is 2.25. The third-order valence-electron chi connectivity index (χ3n) is 4.81. The highest BCUT2D eigenvalue weighted by Gasteiger charge is 2.24. The largest absolute Gasteiger partial charge is 0.457 e. The van der Waals surface area contributed by atoms with E-state index in [4.69, 9.17) is 4.74 Å². The van der Waals surface area contributed by atoms with Crippen molar-refractivity contribution in [2.75, 3.05) is 5.32 Å². The van der Waals surface area contributed by atoms with Gasteiger partial charge in [0.2, 0.25) is 5.91 Å². The van der Waals surface area contributed by atoms with Gasteiger partial charge in [-0.3, -0.25) is 4.79 Å². The average Bonchev–Trinajstić information content (AvgIpc) is 2.96. The fraction of sp³-hybridized carbons (Fsp3) is 0.364. The zero-order valence-electron chi connectivity index (χ0n) is 15.5. The lowest BCUT2D eigenvalue weighted by Crippen LogP contribution is -2.26. The molecule has 0 bridgehead atoms. The average molecular weight is 351 g/mol. The van der Waals surface area contributed by atoms with E-state index in [2.05, 4.69) is 38.2 Å². The van der Waals surface area contributed by atoms with Crippen molar-refractivity contribution in [2.24, 2.45) is 11.8 Å². The molecule has 3 rings (SSSR count). The third kappa shape index (κ3) is 4.13. The second kappa shape index (κ2) is 7.73. The zero-order valence-corrected chi connectivity index (χ0v) is 15.5. The molecule has 2 aromatic rings. The van der Waals surface area contributed by atoms with Crippen LogP contribution in [-0.4, -0.2) is 11.9 Å². The van der Waals surface area contributed by atoms with E-state index in [1.807, 2.05) is 18.2 Å². The van der Waals surface area contributed by atoms with Crippen LogP contribution in [0.1, 0.15) is 47.3 Å². The van der Waals surface area contributed by atoms with E-state index in [0.717, 1.165) is 18.4 Å². The maximum Gasteiger partial charge on any atom is 0.338 e. The van der Waals surface area contributed by atoms with Crippen LogP contribution in [0.4, 0.5) is 5.69 Å². The topological polar surface area (TPSA) is 55.4 Å². The molecule has 1 unspecified atom stereocenters. The number of ether oxygens (including phenoxy) is 1. The molecule has 0 spiro atoms. The summed E-state index contributed by atoms with van der Waals surface area (Å²) >= 11 is 0. The number of benzene rings is 2. The van der Waals surface area contributed by atoms with Gasteiger partial charge < -0.3 is 10.1 Å². The van der Waals surface area contributed by atoms with Gasteiger partial charge in [-0.25, -0.2) is 4.79 Å². The van der Waals surface area contributed by atoms with Crippen molar-refractivity contribution in [3.05, 3.63) is 64.7 Å². The fourth-order valence-electron chi connectivity index (χ4n) is 3.41. The fourth-order valence-corrected chi connectivity index (χ4v) is 3.41. The first-order chi connectivity index (χ1) is 12.4. The molecule has 1 aliphatic heterocycles. The quantitative estimate of drug-likeness (QED) is 0.779. The van der Waals surface area contributed by atoms with Crippen molar-refractivity contribution >= 4 is 17.6 Å². The number of anilines is 1. The summed E-state index contributed by atoms with van der Waals surface area (Å²) in [7, 11) is 0. The van der Waals surface area contributed by atoms with E-state index in [0.29, 0.717) is 17.2 Å². The van der Waals surface area contributed by atoms with Gasteiger partial charge in [-0.2, -0.15) is 0 Å². The molecule has 0 saturated heterocycles. The van der Waals surface area contributed by atoms with Crippen LogP contribution in [0.3, 0.4) is 0 Å². The molecular weight excluding hydrogens is 326 g/mol. The number of aryl methyl sites for hydroxylation is 1. The number of hydrogen-bond donors (Lipinski definition) is 1. The number of esters is 1. The van der Waals surface area contributed by atoms with Gasteiger partial charge in [0.1, 0.15) is 6.61 Å². The van der Waals surface area contributed by atoms with Crippen molar-refractivity contribution in [1.29, 1.82) is 0 Å². The minimum Gasteiger partial charge on any atom is -0.457 e. The lowest BCUT2D eigenvalue weighted by atomic mass is 9.88. The normalized spacial score (nSPS) is 14.1. The molecule has 0 fully saturated rings. The summed E-state index contributed by atoms with van der Waals surface area (Å²) in [6.07, 6.45) is 1.55. The molecular formula is C22H25NO3. The number of hydrogen-bond acceptors (Lipinski definition) is 3. The summed E-state index contributed by atoms with van der Waals surface area (Å²) in [5.74, 6) is 0.0605. The second-order valence-corrected chi connectivity index (χ2v) is 7.39. The van der Waals surface area contributed by atoms with E-state index in [-0.39, 0.29) is 24.4 Å². The maximum atomic E-state index is 12.9. The Labute approximate surface area is 154 Å². The monoisotopic (exact) mass is 351 g/mol. The molecule has 0 radical (unpaired) electrons. The van der Waals surface area contributed by atoms with Crippen molar-refractivity contribution in [2.45, 2.75) is 40.2 Å². The van der Waals surface area contributed by atoms with Crippen LogP contribution < -0.4 is 5.32 Å². The number of fused-ring (bicyclic) bond motifs is 1. The van der Waals surface area contributed by atoms with Crippen molar-refractivity contribution < 1.29 is 14.3 Å². The maximum absolute atomic E-state index is 12.9. The molecule has 2 aromatic carbocycles. The van der Waals surface area contributed by atoms with Gasteiger partial charge in [-0.05, 0) is 55.0 Å². The van der Waals surface area contributed by atoms with Gasteiger partial charge >= 0.3 is 5.97 Å². The lowest BCUT2D eigenvalue weighted by Gasteiger charge is -2.20. The van der Waals surface area contributed by atoms with E-state index < -0.39 is 0 Å². The Morgan fingerprint density at radius 1 is 1.19 bits per heavy atom. The minimum absolute atomic E-state index is 0.0205. The molecule has 4 heteroatoms. The van der Waals surface area contributed by atoms with Crippen LogP contribution >= 0.6 is 0 Å². The van der Waals surface area contributed by atoms with Gasteiger partial charge in [0.05, 0.1) is 5.56 Å². The zero-order chi connectivity index (χ0) is 18.7. The molecule has 4 nitrogen and oxygen atoms in total. The standard InChI is InChI=1S/C22H25NO3/c1-14(2)10-17(11-16-7-5-4-6-15(16)3)21(24)23-19-8-9-20-18(12-19)13-26-22(20)25/h4-9,12,14,17H,10-11,13H2,1-3H3,(H,23,24). The predicted molar refractivity (Wildman–Crippen MR) is 102 cm³/mol. The smallest absolute Gasteiger partial charge is 0.338 e. The van der Waals surface area contributed by atoms with Crippen molar-refractivity contribution in [3.63, 3.8) is 0 Å². The van der Waals surface area contributed by atoms with Crippen LogP contribution in [0.15, 0.2) is 42.5 Å². The van der Waals surface area contributed by atoms with Crippen LogP contribution in [0.2, 0.25) is 0 Å². The third-order valence-corrected chi connectivity index (χ3v) is 4.81.